The van der Waals surface area contributed by atoms with E-state index in [1.165, 1.54) is 21.0 Å². The normalized spacial score (nSPS) is 44.9. The van der Waals surface area contributed by atoms with Gasteiger partial charge in [-0.2, -0.15) is 0 Å². The molecule has 0 aromatic carbocycles. The molecule has 2 saturated heterocycles. The summed E-state index contributed by atoms with van der Waals surface area (Å²) in [5.41, 5.74) is 1.64. The number of aliphatic hydroxyl groups excluding tert-OH is 2. The van der Waals surface area contributed by atoms with Crippen molar-refractivity contribution in [2.45, 2.75) is 121 Å². The molecule has 44 heavy (non-hydrogen) atoms. The molecule has 13 atom stereocenters. The molecule has 0 unspecified atom stereocenters. The topological polar surface area (TPSA) is 201 Å². The number of hydrogen-bond donors (Lipinski definition) is 3. The van der Waals surface area contributed by atoms with Crippen molar-refractivity contribution < 1.29 is 53.0 Å². The monoisotopic (exact) mass is 632 g/mol. The van der Waals surface area contributed by atoms with Crippen LogP contribution in [0.5, 0.6) is 0 Å². The fraction of sp³-hybridized carbons (Fsp3) is 0.897. The summed E-state index contributed by atoms with van der Waals surface area (Å²) in [6, 6.07) is -0.382. The van der Waals surface area contributed by atoms with Gasteiger partial charge in [-0.05, 0) is 60.2 Å². The number of carbonyl (C=O) groups is 3. The molecule has 3 N–H and O–H groups in total. The Bertz CT molecular complexity index is 1100. The molecule has 2 heterocycles. The van der Waals surface area contributed by atoms with Crippen LogP contribution in [0.4, 0.5) is 4.39 Å². The summed E-state index contributed by atoms with van der Waals surface area (Å²) in [6.07, 6.45) is -7.49. The van der Waals surface area contributed by atoms with Gasteiger partial charge in [0.15, 0.2) is 12.1 Å². The number of aliphatic hydroxyl groups is 3. The highest BCUT2D eigenvalue weighted by molar-refractivity contribution is 6.07. The van der Waals surface area contributed by atoms with Gasteiger partial charge in [-0.25, -0.2) is 9.18 Å². The lowest BCUT2D eigenvalue weighted by molar-refractivity contribution is -0.295. The zero-order valence-electron chi connectivity index (χ0n) is 27.3. The second-order valence-corrected chi connectivity index (χ2v) is 13.1. The second-order valence-electron chi connectivity index (χ2n) is 13.1. The van der Waals surface area contributed by atoms with Crippen molar-refractivity contribution in [3.63, 3.8) is 0 Å². The number of nitrogens with zero attached hydrogens (tertiary/aromatic N) is 4. The Morgan fingerprint density at radius 1 is 1.11 bits per heavy atom. The lowest BCUT2D eigenvalue weighted by atomic mass is 9.74. The Hall–Kier alpha value is -2.23. The Kier molecular flexibility index (Phi) is 12.5. The van der Waals surface area contributed by atoms with Crippen molar-refractivity contribution in [2.75, 3.05) is 27.7 Å². The summed E-state index contributed by atoms with van der Waals surface area (Å²) in [7, 11) is 4.89. The third kappa shape index (κ3) is 7.76. The first-order valence-electron chi connectivity index (χ1n) is 14.8. The molecule has 0 aromatic rings. The molecule has 0 amide bonds. The highest BCUT2D eigenvalue weighted by Gasteiger charge is 2.56. The number of likely N-dealkylation sites (N-methyl/N-ethyl adjacent to an activating group) is 1. The van der Waals surface area contributed by atoms with Crippen LogP contribution in [-0.2, 0) is 33.3 Å². The van der Waals surface area contributed by atoms with Gasteiger partial charge in [0.1, 0.15) is 23.6 Å². The van der Waals surface area contributed by atoms with E-state index in [4.69, 9.17) is 24.5 Å². The van der Waals surface area contributed by atoms with Gasteiger partial charge in [0.05, 0.1) is 30.5 Å². The third-order valence-corrected chi connectivity index (χ3v) is 9.27. The highest BCUT2D eigenvalue weighted by atomic mass is 19.1. The van der Waals surface area contributed by atoms with Crippen LogP contribution in [0.25, 0.3) is 10.4 Å². The maximum absolute atomic E-state index is 16.2. The van der Waals surface area contributed by atoms with E-state index in [9.17, 15) is 29.7 Å². The molecule has 0 radical (unpaired) electrons. The average molecular weight is 633 g/mol. The third-order valence-electron chi connectivity index (χ3n) is 9.27. The van der Waals surface area contributed by atoms with Crippen LogP contribution in [0.2, 0.25) is 0 Å². The lowest BCUT2D eigenvalue weighted by Crippen LogP contribution is -2.61. The number of carbonyl (C=O) groups excluding carboxylic acids is 3. The van der Waals surface area contributed by atoms with Gasteiger partial charge in [0, 0.05) is 35.8 Å². The van der Waals surface area contributed by atoms with Crippen LogP contribution in [0, 0.1) is 17.8 Å². The fourth-order valence-electron chi connectivity index (χ4n) is 6.27. The predicted octanol–water partition coefficient (Wildman–Crippen LogP) is 1.72. The molecule has 2 fully saturated rings. The number of hydrogen-bond acceptors (Lipinski definition) is 12. The van der Waals surface area contributed by atoms with Crippen LogP contribution < -0.4 is 0 Å². The largest absolute Gasteiger partial charge is 0.456 e. The Labute approximate surface area is 257 Å². The van der Waals surface area contributed by atoms with E-state index in [1.807, 2.05) is 0 Å². The number of Topliss-reactive ketones (excluding diaryl/α,β-unsaturated/α-hetero) is 2. The molecular formula is C29H49FN4O10. The van der Waals surface area contributed by atoms with E-state index in [-0.39, 0.29) is 18.6 Å². The van der Waals surface area contributed by atoms with Crippen molar-refractivity contribution in [1.29, 1.82) is 0 Å². The van der Waals surface area contributed by atoms with Crippen molar-refractivity contribution in [3.05, 3.63) is 10.4 Å². The molecule has 0 aromatic heterocycles. The van der Waals surface area contributed by atoms with E-state index >= 15 is 4.39 Å². The molecule has 15 heteroatoms. The standard InChI is InChI=1S/C29H49FN4O10/c1-14-12-27(5,41-10)24(44-25-21(36)18(34(8)9)11-15(2)42-25)17(4)22(37)28(6,30)26(39)43-19(13-32-33-31)29(7,40)23(38)16(3)20(14)35/h14-19,21,23-25,36,38,40H,11-13H2,1-10H3/t14-,15-,16+,17+,18+,19-,21-,23-,24-,25+,27-,28+,29-/m1/s1. The van der Waals surface area contributed by atoms with Crippen LogP contribution in [0.3, 0.4) is 0 Å². The van der Waals surface area contributed by atoms with Crippen molar-refractivity contribution in [2.24, 2.45) is 22.9 Å². The molecule has 2 aliphatic heterocycles. The number of methoxy groups -OCH3 is 1. The van der Waals surface area contributed by atoms with E-state index in [1.54, 1.807) is 39.8 Å². The van der Waals surface area contributed by atoms with Crippen LogP contribution in [0.1, 0.15) is 61.3 Å². The number of esters is 1. The zero-order valence-corrected chi connectivity index (χ0v) is 27.3. The van der Waals surface area contributed by atoms with Gasteiger partial charge in [-0.3, -0.25) is 9.59 Å². The average Bonchev–Trinajstić information content (AvgIpc) is 2.96. The molecule has 14 nitrogen and oxygen atoms in total. The van der Waals surface area contributed by atoms with E-state index in [2.05, 4.69) is 10.0 Å². The van der Waals surface area contributed by atoms with Crippen LogP contribution in [-0.4, -0.2) is 125 Å². The highest BCUT2D eigenvalue weighted by Crippen LogP contribution is 2.39. The minimum atomic E-state index is -3.31. The van der Waals surface area contributed by atoms with Crippen LogP contribution in [0.15, 0.2) is 5.11 Å². The molecule has 2 aliphatic rings. The fourth-order valence-corrected chi connectivity index (χ4v) is 6.27. The number of azide groups is 1. The van der Waals surface area contributed by atoms with Gasteiger partial charge < -0.3 is 39.2 Å². The number of halogens is 1. The second kappa shape index (κ2) is 14.5. The number of ether oxygens (including phenoxy) is 4. The summed E-state index contributed by atoms with van der Waals surface area (Å²) in [4.78, 5) is 45.0. The minimum absolute atomic E-state index is 0.102. The quantitative estimate of drug-likeness (QED) is 0.127. The molecule has 252 valence electrons. The van der Waals surface area contributed by atoms with Crippen molar-refractivity contribution in [1.82, 2.24) is 4.90 Å². The Morgan fingerprint density at radius 2 is 1.70 bits per heavy atom. The van der Waals surface area contributed by atoms with Gasteiger partial charge in [0.2, 0.25) is 0 Å². The van der Waals surface area contributed by atoms with Gasteiger partial charge >= 0.3 is 5.97 Å². The Balaban J connectivity index is 2.71. The molecule has 0 bridgehead atoms. The predicted molar refractivity (Wildman–Crippen MR) is 155 cm³/mol. The van der Waals surface area contributed by atoms with Crippen molar-refractivity contribution >= 4 is 17.5 Å². The van der Waals surface area contributed by atoms with E-state index in [0.29, 0.717) is 13.3 Å². The first-order chi connectivity index (χ1) is 20.2. The first-order valence-corrected chi connectivity index (χ1v) is 14.8. The summed E-state index contributed by atoms with van der Waals surface area (Å²) in [5.74, 6) is -7.02. The van der Waals surface area contributed by atoms with Gasteiger partial charge in [-0.1, -0.05) is 25.9 Å². The molecule has 0 aliphatic carbocycles. The summed E-state index contributed by atoms with van der Waals surface area (Å²) in [5, 5.41) is 36.8. The number of ketones is 2. The Morgan fingerprint density at radius 3 is 2.23 bits per heavy atom. The molecule has 0 spiro atoms. The number of alkyl halides is 1. The summed E-state index contributed by atoms with van der Waals surface area (Å²) in [6.45, 7) is 8.65. The zero-order chi connectivity index (χ0) is 33.9. The first kappa shape index (κ1) is 38.0. The SMILES string of the molecule is CO[C@]1(C)C[C@@H](C)C(=O)[C@H](C)[C@@H](O)[C@](C)(O)[C@@H](CN=[N+]=[N-])OC(=O)[C@@](C)(F)C(=O)[C@H](C)[C@H]1O[C@@H]1O[C@H](C)C[C@H](N(C)C)[C@H]1O. The summed E-state index contributed by atoms with van der Waals surface area (Å²) < 4.78 is 39.5. The lowest BCUT2D eigenvalue weighted by Gasteiger charge is -2.47. The smallest absolute Gasteiger partial charge is 0.351 e. The molecule has 2 rings (SSSR count). The van der Waals surface area contributed by atoms with E-state index < -0.39 is 89.4 Å². The van der Waals surface area contributed by atoms with Gasteiger partial charge in [-0.15, -0.1) is 0 Å². The summed E-state index contributed by atoms with van der Waals surface area (Å²) >= 11 is 0. The maximum Gasteiger partial charge on any atom is 0.351 e. The van der Waals surface area contributed by atoms with Gasteiger partial charge in [0.25, 0.3) is 5.67 Å². The number of cyclic esters (lactones) is 1. The number of rotatable bonds is 6. The minimum Gasteiger partial charge on any atom is -0.456 e. The maximum atomic E-state index is 16.2. The van der Waals surface area contributed by atoms with E-state index in [0.717, 1.165) is 6.92 Å². The van der Waals surface area contributed by atoms with Crippen LogP contribution >= 0.6 is 0 Å². The van der Waals surface area contributed by atoms with Crippen molar-refractivity contribution in [3.8, 4) is 0 Å². The molecular weight excluding hydrogens is 583 g/mol. The molecule has 0 saturated carbocycles.